The van der Waals surface area contributed by atoms with E-state index in [2.05, 4.69) is 20.5 Å². The van der Waals surface area contributed by atoms with E-state index in [1.54, 1.807) is 13.3 Å². The van der Waals surface area contributed by atoms with Crippen molar-refractivity contribution in [1.29, 1.82) is 0 Å². The lowest BCUT2D eigenvalue weighted by Gasteiger charge is -2.34. The van der Waals surface area contributed by atoms with Crippen LogP contribution < -0.4 is 10.6 Å². The zero-order chi connectivity index (χ0) is 20.0. The van der Waals surface area contributed by atoms with Crippen molar-refractivity contribution in [3.8, 4) is 0 Å². The number of halogens is 4. The van der Waals surface area contributed by atoms with E-state index in [1.165, 1.54) is 24.2 Å². The Kier molecular flexibility index (Phi) is 9.54. The van der Waals surface area contributed by atoms with Gasteiger partial charge in [-0.1, -0.05) is 6.42 Å². The van der Waals surface area contributed by atoms with Gasteiger partial charge < -0.3 is 15.1 Å². The van der Waals surface area contributed by atoms with E-state index in [9.17, 15) is 13.2 Å². The van der Waals surface area contributed by atoms with Gasteiger partial charge in [-0.2, -0.15) is 13.2 Å². The molecule has 0 radical (unpaired) electrons. The van der Waals surface area contributed by atoms with Gasteiger partial charge in [0, 0.05) is 32.7 Å². The van der Waals surface area contributed by atoms with Gasteiger partial charge in [0.05, 0.1) is 18.8 Å². The second-order valence-electron chi connectivity index (χ2n) is 7.56. The first-order chi connectivity index (χ1) is 13.4. The van der Waals surface area contributed by atoms with Gasteiger partial charge in [0.15, 0.2) is 5.96 Å². The Hall–Kier alpha value is -1.01. The highest BCUT2D eigenvalue weighted by Gasteiger charge is 2.34. The molecule has 2 fully saturated rings. The van der Waals surface area contributed by atoms with Crippen LogP contribution in [0.3, 0.4) is 0 Å². The first-order valence-corrected chi connectivity index (χ1v) is 9.98. The summed E-state index contributed by atoms with van der Waals surface area (Å²) in [5.74, 6) is 1.54. The number of likely N-dealkylation sites (tertiary alicyclic amines) is 2. The van der Waals surface area contributed by atoms with Crippen LogP contribution in [0.4, 0.5) is 13.2 Å². The van der Waals surface area contributed by atoms with E-state index in [-0.39, 0.29) is 36.1 Å². The van der Waals surface area contributed by atoms with E-state index in [0.29, 0.717) is 32.0 Å². The first kappa shape index (κ1) is 24.3. The molecule has 1 aromatic heterocycles. The number of rotatable bonds is 6. The van der Waals surface area contributed by atoms with Crippen molar-refractivity contribution in [3.05, 3.63) is 24.2 Å². The SMILES string of the molecule is CN=C(NCC(c1ccco1)N1CCCCC1)NC1CCN(CC(F)(F)F)C1.I. The summed E-state index contributed by atoms with van der Waals surface area (Å²) in [4.78, 5) is 8.11. The van der Waals surface area contributed by atoms with Crippen molar-refractivity contribution in [2.24, 2.45) is 4.99 Å². The van der Waals surface area contributed by atoms with Gasteiger partial charge in [0.2, 0.25) is 0 Å². The summed E-state index contributed by atoms with van der Waals surface area (Å²) >= 11 is 0. The summed E-state index contributed by atoms with van der Waals surface area (Å²) in [5, 5.41) is 6.61. The molecule has 2 saturated heterocycles. The number of hydrogen-bond donors (Lipinski definition) is 2. The summed E-state index contributed by atoms with van der Waals surface area (Å²) in [7, 11) is 1.68. The highest BCUT2D eigenvalue weighted by molar-refractivity contribution is 14.0. The number of alkyl halides is 3. The summed E-state index contributed by atoms with van der Waals surface area (Å²) in [6, 6.07) is 3.96. The molecule has 0 amide bonds. The van der Waals surface area contributed by atoms with Crippen molar-refractivity contribution in [2.45, 2.75) is 43.9 Å². The molecular weight excluding hydrogens is 498 g/mol. The first-order valence-electron chi connectivity index (χ1n) is 9.98. The molecule has 2 unspecified atom stereocenters. The molecule has 166 valence electrons. The molecule has 29 heavy (non-hydrogen) atoms. The molecular formula is C19H31F3IN5O. The lowest BCUT2D eigenvalue weighted by Crippen LogP contribution is -2.48. The third-order valence-electron chi connectivity index (χ3n) is 5.41. The van der Waals surface area contributed by atoms with E-state index >= 15 is 0 Å². The largest absolute Gasteiger partial charge is 0.468 e. The number of guanidine groups is 1. The predicted octanol–water partition coefficient (Wildman–Crippen LogP) is 3.23. The van der Waals surface area contributed by atoms with Crippen molar-refractivity contribution in [3.63, 3.8) is 0 Å². The third-order valence-corrected chi connectivity index (χ3v) is 5.41. The van der Waals surface area contributed by atoms with Gasteiger partial charge in [-0.15, -0.1) is 24.0 Å². The maximum atomic E-state index is 12.6. The normalized spacial score (nSPS) is 22.9. The summed E-state index contributed by atoms with van der Waals surface area (Å²) < 4.78 is 43.4. The maximum Gasteiger partial charge on any atom is 0.401 e. The van der Waals surface area contributed by atoms with E-state index in [4.69, 9.17) is 4.42 Å². The highest BCUT2D eigenvalue weighted by Crippen LogP contribution is 2.24. The van der Waals surface area contributed by atoms with Crippen molar-refractivity contribution in [1.82, 2.24) is 20.4 Å². The number of nitrogens with zero attached hydrogens (tertiary/aromatic N) is 3. The maximum absolute atomic E-state index is 12.6. The molecule has 2 aliphatic rings. The van der Waals surface area contributed by atoms with E-state index in [1.807, 2.05) is 12.1 Å². The molecule has 2 atom stereocenters. The fourth-order valence-corrected chi connectivity index (χ4v) is 4.05. The van der Waals surface area contributed by atoms with Crippen LogP contribution in [0.2, 0.25) is 0 Å². The molecule has 0 aromatic carbocycles. The van der Waals surface area contributed by atoms with Crippen LogP contribution in [0.5, 0.6) is 0 Å². The molecule has 0 bridgehead atoms. The number of aliphatic imine (C=N–C) groups is 1. The highest BCUT2D eigenvalue weighted by atomic mass is 127. The molecule has 0 saturated carbocycles. The Labute approximate surface area is 187 Å². The van der Waals surface area contributed by atoms with Gasteiger partial charge in [-0.3, -0.25) is 14.8 Å². The van der Waals surface area contributed by atoms with Gasteiger partial charge in [0.1, 0.15) is 5.76 Å². The molecule has 6 nitrogen and oxygen atoms in total. The van der Waals surface area contributed by atoms with Crippen molar-refractivity contribution >= 4 is 29.9 Å². The van der Waals surface area contributed by atoms with Gasteiger partial charge in [-0.25, -0.2) is 0 Å². The van der Waals surface area contributed by atoms with Gasteiger partial charge >= 0.3 is 6.18 Å². The minimum absolute atomic E-state index is 0. The Morgan fingerprint density at radius 3 is 2.66 bits per heavy atom. The van der Waals surface area contributed by atoms with Crippen LogP contribution >= 0.6 is 24.0 Å². The van der Waals surface area contributed by atoms with Crippen LogP contribution in [0, 0.1) is 0 Å². The second-order valence-corrected chi connectivity index (χ2v) is 7.56. The van der Waals surface area contributed by atoms with Crippen molar-refractivity contribution in [2.75, 3.05) is 46.3 Å². The second kappa shape index (κ2) is 11.4. The lowest BCUT2D eigenvalue weighted by molar-refractivity contribution is -0.143. The number of hydrogen-bond acceptors (Lipinski definition) is 4. The summed E-state index contributed by atoms with van der Waals surface area (Å²) in [6.45, 7) is 2.66. The zero-order valence-electron chi connectivity index (χ0n) is 16.7. The number of piperidine rings is 1. The summed E-state index contributed by atoms with van der Waals surface area (Å²) in [5.41, 5.74) is 0. The standard InChI is InChI=1S/C19H30F3N5O.HI/c1-23-18(25-15-7-10-26(13-15)14-19(20,21)22)24-12-16(17-6-5-11-28-17)27-8-3-2-4-9-27;/h5-6,11,15-16H,2-4,7-10,12-14H2,1H3,(H2,23,24,25);1H. The van der Waals surface area contributed by atoms with Crippen molar-refractivity contribution < 1.29 is 17.6 Å². The number of furan rings is 1. The smallest absolute Gasteiger partial charge is 0.401 e. The molecule has 0 spiro atoms. The minimum atomic E-state index is -4.15. The average Bonchev–Trinajstić information content (AvgIpc) is 3.33. The minimum Gasteiger partial charge on any atom is -0.468 e. The van der Waals surface area contributed by atoms with Gasteiger partial charge in [-0.05, 0) is 44.5 Å². The van der Waals surface area contributed by atoms with E-state index in [0.717, 1.165) is 18.8 Å². The topological polar surface area (TPSA) is 56.0 Å². The Morgan fingerprint density at radius 1 is 1.28 bits per heavy atom. The molecule has 2 N–H and O–H groups in total. The molecule has 10 heteroatoms. The molecule has 2 aliphatic heterocycles. The lowest BCUT2D eigenvalue weighted by atomic mass is 10.1. The zero-order valence-corrected chi connectivity index (χ0v) is 19.1. The summed E-state index contributed by atoms with van der Waals surface area (Å²) in [6.07, 6.45) is 1.83. The predicted molar refractivity (Wildman–Crippen MR) is 118 cm³/mol. The third kappa shape index (κ3) is 7.63. The fraction of sp³-hybridized carbons (Fsp3) is 0.737. The molecule has 3 rings (SSSR count). The fourth-order valence-electron chi connectivity index (χ4n) is 4.05. The van der Waals surface area contributed by atoms with Crippen LogP contribution in [-0.2, 0) is 0 Å². The Balaban J connectivity index is 0.00000300. The monoisotopic (exact) mass is 529 g/mol. The Morgan fingerprint density at radius 2 is 2.03 bits per heavy atom. The number of nitrogens with one attached hydrogen (secondary N) is 2. The van der Waals surface area contributed by atoms with E-state index < -0.39 is 12.7 Å². The van der Waals surface area contributed by atoms with Gasteiger partial charge in [0.25, 0.3) is 0 Å². The van der Waals surface area contributed by atoms with Crippen LogP contribution in [0.25, 0.3) is 0 Å². The molecule has 1 aromatic rings. The quantitative estimate of drug-likeness (QED) is 0.337. The van der Waals surface area contributed by atoms with Crippen LogP contribution in [0.15, 0.2) is 27.8 Å². The molecule has 0 aliphatic carbocycles. The average molecular weight is 529 g/mol. The molecule has 3 heterocycles. The Bertz CT molecular complexity index is 620. The van der Waals surface area contributed by atoms with Crippen LogP contribution in [-0.4, -0.2) is 74.3 Å². The van der Waals surface area contributed by atoms with Crippen LogP contribution in [0.1, 0.15) is 37.5 Å².